The molecule has 2 aromatic carbocycles. The Kier molecular flexibility index (Phi) is 2.76. The molecule has 0 unspecified atom stereocenters. The van der Waals surface area contributed by atoms with Gasteiger partial charge < -0.3 is 5.73 Å². The van der Waals surface area contributed by atoms with E-state index in [0.717, 1.165) is 11.1 Å². The highest BCUT2D eigenvalue weighted by atomic mass is 16.6. The van der Waals surface area contributed by atoms with Crippen LogP contribution in [0, 0.1) is 10.1 Å². The van der Waals surface area contributed by atoms with E-state index in [4.69, 9.17) is 5.73 Å². The van der Waals surface area contributed by atoms with Crippen molar-refractivity contribution in [3.8, 4) is 0 Å². The summed E-state index contributed by atoms with van der Waals surface area (Å²) in [6, 6.07) is 13.5. The van der Waals surface area contributed by atoms with Crippen LogP contribution in [0.2, 0.25) is 0 Å². The number of hydrogen-bond donors (Lipinski definition) is 1. The maximum atomic E-state index is 10.6. The second kappa shape index (κ2) is 4.58. The first-order chi connectivity index (χ1) is 9.65. The molecule has 6 heteroatoms. The number of rotatable bonds is 2. The standard InChI is InChI=1S/C14H10N4O2/c15-13-11-3-1-2-4-12(11)14(17-13)16-9-5-7-10(8-6-9)18(19)20/h1-8H,(H2,15,16,17). The van der Waals surface area contributed by atoms with Crippen molar-refractivity contribution in [3.05, 3.63) is 69.8 Å². The molecule has 0 aliphatic carbocycles. The summed E-state index contributed by atoms with van der Waals surface area (Å²) in [4.78, 5) is 18.7. The van der Waals surface area contributed by atoms with E-state index in [2.05, 4.69) is 9.98 Å². The fraction of sp³-hybridized carbons (Fsp3) is 0. The fourth-order valence-electron chi connectivity index (χ4n) is 1.99. The van der Waals surface area contributed by atoms with Gasteiger partial charge in [0, 0.05) is 23.3 Å². The molecular weight excluding hydrogens is 256 g/mol. The Morgan fingerprint density at radius 3 is 2.35 bits per heavy atom. The minimum absolute atomic E-state index is 0.0313. The second-order valence-electron chi connectivity index (χ2n) is 4.25. The summed E-state index contributed by atoms with van der Waals surface area (Å²) in [7, 11) is 0. The molecule has 2 N–H and O–H groups in total. The van der Waals surface area contributed by atoms with Gasteiger partial charge in [0.1, 0.15) is 5.84 Å². The molecule has 1 aliphatic heterocycles. The third-order valence-electron chi connectivity index (χ3n) is 2.97. The van der Waals surface area contributed by atoms with Crippen molar-refractivity contribution in [1.82, 2.24) is 0 Å². The maximum Gasteiger partial charge on any atom is 0.269 e. The molecular formula is C14H10N4O2. The van der Waals surface area contributed by atoms with Crippen molar-refractivity contribution in [1.29, 1.82) is 0 Å². The number of benzene rings is 2. The summed E-state index contributed by atoms with van der Waals surface area (Å²) >= 11 is 0. The van der Waals surface area contributed by atoms with E-state index in [-0.39, 0.29) is 5.69 Å². The van der Waals surface area contributed by atoms with E-state index in [1.807, 2.05) is 24.3 Å². The first kappa shape index (κ1) is 12.0. The molecule has 6 nitrogen and oxygen atoms in total. The molecule has 0 saturated carbocycles. The predicted molar refractivity (Wildman–Crippen MR) is 76.5 cm³/mol. The molecule has 0 atom stereocenters. The van der Waals surface area contributed by atoms with Crippen LogP contribution in [0.15, 0.2) is 58.5 Å². The zero-order valence-corrected chi connectivity index (χ0v) is 10.4. The monoisotopic (exact) mass is 266 g/mol. The molecule has 98 valence electrons. The van der Waals surface area contributed by atoms with E-state index in [1.54, 1.807) is 12.1 Å². The molecule has 1 heterocycles. The molecule has 0 aromatic heterocycles. The molecule has 20 heavy (non-hydrogen) atoms. The van der Waals surface area contributed by atoms with E-state index in [0.29, 0.717) is 17.4 Å². The Hall–Kier alpha value is -3.02. The first-order valence-corrected chi connectivity index (χ1v) is 5.92. The number of amidine groups is 2. The van der Waals surface area contributed by atoms with Crippen molar-refractivity contribution in [3.63, 3.8) is 0 Å². The number of non-ortho nitro benzene ring substituents is 1. The van der Waals surface area contributed by atoms with Crippen LogP contribution in [0.1, 0.15) is 11.1 Å². The summed E-state index contributed by atoms with van der Waals surface area (Å²) in [5, 5.41) is 10.6. The van der Waals surface area contributed by atoms with E-state index in [1.165, 1.54) is 12.1 Å². The van der Waals surface area contributed by atoms with Gasteiger partial charge in [0.05, 0.1) is 10.6 Å². The average molecular weight is 266 g/mol. The van der Waals surface area contributed by atoms with Crippen LogP contribution in [0.25, 0.3) is 0 Å². The highest BCUT2D eigenvalue weighted by Gasteiger charge is 2.18. The number of fused-ring (bicyclic) bond motifs is 1. The zero-order valence-electron chi connectivity index (χ0n) is 10.4. The topological polar surface area (TPSA) is 93.9 Å². The van der Waals surface area contributed by atoms with Crippen molar-refractivity contribution >= 4 is 23.0 Å². The Morgan fingerprint density at radius 1 is 1.05 bits per heavy atom. The zero-order chi connectivity index (χ0) is 14.1. The molecule has 2 aromatic rings. The second-order valence-corrected chi connectivity index (χ2v) is 4.25. The lowest BCUT2D eigenvalue weighted by atomic mass is 10.1. The molecule has 0 fully saturated rings. The molecule has 0 amide bonds. The summed E-state index contributed by atoms with van der Waals surface area (Å²) in [6.07, 6.45) is 0. The van der Waals surface area contributed by atoms with Gasteiger partial charge in [-0.1, -0.05) is 24.3 Å². The Bertz CT molecular complexity index is 748. The molecule has 0 spiro atoms. The largest absolute Gasteiger partial charge is 0.383 e. The first-order valence-electron chi connectivity index (χ1n) is 5.92. The van der Waals surface area contributed by atoms with Crippen LogP contribution >= 0.6 is 0 Å². The lowest BCUT2D eigenvalue weighted by Crippen LogP contribution is -2.09. The maximum absolute atomic E-state index is 10.6. The van der Waals surface area contributed by atoms with Gasteiger partial charge in [-0.15, -0.1) is 0 Å². The van der Waals surface area contributed by atoms with Crippen molar-refractivity contribution in [2.75, 3.05) is 0 Å². The van der Waals surface area contributed by atoms with Crippen molar-refractivity contribution in [2.45, 2.75) is 0 Å². The van der Waals surface area contributed by atoms with Crippen LogP contribution in [0.5, 0.6) is 0 Å². The Morgan fingerprint density at radius 2 is 1.70 bits per heavy atom. The third kappa shape index (κ3) is 2.03. The van der Waals surface area contributed by atoms with Crippen molar-refractivity contribution in [2.24, 2.45) is 15.7 Å². The third-order valence-corrected chi connectivity index (χ3v) is 2.97. The summed E-state index contributed by atoms with van der Waals surface area (Å²) < 4.78 is 0. The molecule has 1 aliphatic rings. The van der Waals surface area contributed by atoms with Crippen LogP contribution in [-0.4, -0.2) is 16.6 Å². The van der Waals surface area contributed by atoms with Crippen LogP contribution in [0.4, 0.5) is 11.4 Å². The van der Waals surface area contributed by atoms with Gasteiger partial charge >= 0.3 is 0 Å². The Balaban J connectivity index is 2.00. The fourth-order valence-corrected chi connectivity index (χ4v) is 1.99. The SMILES string of the molecule is NC1=NC(=Nc2ccc([N+](=O)[O-])cc2)c2ccccc21. The van der Waals surface area contributed by atoms with Gasteiger partial charge in [-0.3, -0.25) is 10.1 Å². The molecule has 3 rings (SSSR count). The number of nitro benzene ring substituents is 1. The van der Waals surface area contributed by atoms with E-state index >= 15 is 0 Å². The van der Waals surface area contributed by atoms with Crippen LogP contribution in [0.3, 0.4) is 0 Å². The van der Waals surface area contributed by atoms with Crippen molar-refractivity contribution < 1.29 is 4.92 Å². The molecule has 0 saturated heterocycles. The average Bonchev–Trinajstić information content (AvgIpc) is 2.77. The predicted octanol–water partition coefficient (Wildman–Crippen LogP) is 2.39. The van der Waals surface area contributed by atoms with Gasteiger partial charge in [0.25, 0.3) is 5.69 Å². The van der Waals surface area contributed by atoms with Gasteiger partial charge in [-0.25, -0.2) is 9.98 Å². The quantitative estimate of drug-likeness (QED) is 0.667. The normalized spacial score (nSPS) is 15.0. The summed E-state index contributed by atoms with van der Waals surface area (Å²) in [5.74, 6) is 0.952. The smallest absolute Gasteiger partial charge is 0.269 e. The van der Waals surface area contributed by atoms with E-state index in [9.17, 15) is 10.1 Å². The van der Waals surface area contributed by atoms with Gasteiger partial charge in [0.2, 0.25) is 0 Å². The molecule has 0 bridgehead atoms. The molecule has 0 radical (unpaired) electrons. The highest BCUT2D eigenvalue weighted by Crippen LogP contribution is 2.23. The van der Waals surface area contributed by atoms with E-state index < -0.39 is 4.92 Å². The number of nitro groups is 1. The highest BCUT2D eigenvalue weighted by molar-refractivity contribution is 6.22. The minimum Gasteiger partial charge on any atom is -0.383 e. The summed E-state index contributed by atoms with van der Waals surface area (Å²) in [6.45, 7) is 0. The number of aliphatic imine (C=N–C) groups is 2. The van der Waals surface area contributed by atoms with Gasteiger partial charge in [-0.2, -0.15) is 0 Å². The number of hydrogen-bond acceptors (Lipinski definition) is 4. The van der Waals surface area contributed by atoms with Gasteiger partial charge in [0.15, 0.2) is 5.84 Å². The van der Waals surface area contributed by atoms with Crippen LogP contribution < -0.4 is 5.73 Å². The number of nitrogens with zero attached hydrogens (tertiary/aromatic N) is 3. The Labute approximate surface area is 114 Å². The lowest BCUT2D eigenvalue weighted by Gasteiger charge is -1.98. The minimum atomic E-state index is -0.446. The lowest BCUT2D eigenvalue weighted by molar-refractivity contribution is -0.384. The number of nitrogens with two attached hydrogens (primary N) is 1. The summed E-state index contributed by atoms with van der Waals surface area (Å²) in [5.41, 5.74) is 8.18. The van der Waals surface area contributed by atoms with Crippen LogP contribution in [-0.2, 0) is 0 Å². The van der Waals surface area contributed by atoms with Gasteiger partial charge in [-0.05, 0) is 12.1 Å².